The maximum absolute atomic E-state index is 6.36. The van der Waals surface area contributed by atoms with Crippen LogP contribution in [-0.4, -0.2) is 13.1 Å². The summed E-state index contributed by atoms with van der Waals surface area (Å²) in [4.78, 5) is 0. The molecule has 3 heteroatoms. The summed E-state index contributed by atoms with van der Waals surface area (Å²) in [5, 5.41) is 4.31. The SMILES string of the molecule is CCNCC(Cc1ccccc1)Cc1ccc(Br)cc1Cl. The minimum Gasteiger partial charge on any atom is -0.317 e. The van der Waals surface area contributed by atoms with Crippen molar-refractivity contribution in [1.82, 2.24) is 5.32 Å². The van der Waals surface area contributed by atoms with Crippen LogP contribution >= 0.6 is 27.5 Å². The zero-order valence-corrected chi connectivity index (χ0v) is 14.6. The molecule has 2 aromatic rings. The zero-order chi connectivity index (χ0) is 15.1. The van der Waals surface area contributed by atoms with E-state index < -0.39 is 0 Å². The van der Waals surface area contributed by atoms with Gasteiger partial charge in [-0.2, -0.15) is 0 Å². The lowest BCUT2D eigenvalue weighted by Crippen LogP contribution is -2.25. The standard InChI is InChI=1S/C18H21BrClN/c1-2-21-13-15(10-14-6-4-3-5-7-14)11-16-8-9-17(19)12-18(16)20/h3-9,12,15,21H,2,10-11,13H2,1H3. The molecule has 1 N–H and O–H groups in total. The number of hydrogen-bond acceptors (Lipinski definition) is 1. The van der Waals surface area contributed by atoms with E-state index in [0.29, 0.717) is 5.92 Å². The number of halogens is 2. The lowest BCUT2D eigenvalue weighted by atomic mass is 9.92. The molecule has 0 amide bonds. The van der Waals surface area contributed by atoms with Crippen LogP contribution in [-0.2, 0) is 12.8 Å². The van der Waals surface area contributed by atoms with Crippen molar-refractivity contribution >= 4 is 27.5 Å². The monoisotopic (exact) mass is 365 g/mol. The van der Waals surface area contributed by atoms with Crippen LogP contribution < -0.4 is 5.32 Å². The van der Waals surface area contributed by atoms with E-state index in [0.717, 1.165) is 35.4 Å². The Labute approximate surface area is 140 Å². The Bertz CT molecular complexity index is 556. The predicted octanol–water partition coefficient (Wildman–Crippen LogP) is 5.11. The van der Waals surface area contributed by atoms with Crippen molar-refractivity contribution in [3.8, 4) is 0 Å². The van der Waals surface area contributed by atoms with Gasteiger partial charge < -0.3 is 5.32 Å². The van der Waals surface area contributed by atoms with Crippen LogP contribution in [0.5, 0.6) is 0 Å². The molecule has 0 aliphatic rings. The summed E-state index contributed by atoms with van der Waals surface area (Å²) < 4.78 is 1.03. The van der Waals surface area contributed by atoms with Gasteiger partial charge in [0.2, 0.25) is 0 Å². The van der Waals surface area contributed by atoms with E-state index in [1.165, 1.54) is 11.1 Å². The van der Waals surface area contributed by atoms with E-state index >= 15 is 0 Å². The van der Waals surface area contributed by atoms with Crippen molar-refractivity contribution in [3.05, 3.63) is 69.2 Å². The first-order valence-electron chi connectivity index (χ1n) is 7.37. The second-order valence-electron chi connectivity index (χ2n) is 5.30. The van der Waals surface area contributed by atoms with Crippen LogP contribution in [0.1, 0.15) is 18.1 Å². The van der Waals surface area contributed by atoms with E-state index in [4.69, 9.17) is 11.6 Å². The number of rotatable bonds is 7. The Morgan fingerprint density at radius 2 is 1.86 bits per heavy atom. The van der Waals surface area contributed by atoms with Crippen molar-refractivity contribution in [2.45, 2.75) is 19.8 Å². The second kappa shape index (κ2) is 8.57. The van der Waals surface area contributed by atoms with Gasteiger partial charge in [-0.05, 0) is 55.1 Å². The van der Waals surface area contributed by atoms with Gasteiger partial charge in [-0.15, -0.1) is 0 Å². The Kier molecular flexibility index (Phi) is 6.75. The normalized spacial score (nSPS) is 12.3. The van der Waals surface area contributed by atoms with Crippen molar-refractivity contribution < 1.29 is 0 Å². The molecule has 0 heterocycles. The van der Waals surface area contributed by atoms with E-state index in [1.807, 2.05) is 6.07 Å². The molecule has 0 saturated heterocycles. The Hall–Kier alpha value is -0.830. The van der Waals surface area contributed by atoms with Crippen molar-refractivity contribution in [1.29, 1.82) is 0 Å². The summed E-state index contributed by atoms with van der Waals surface area (Å²) in [5.41, 5.74) is 2.60. The molecule has 0 bridgehead atoms. The average Bonchev–Trinajstić information content (AvgIpc) is 2.48. The molecule has 0 radical (unpaired) electrons. The van der Waals surface area contributed by atoms with Gasteiger partial charge in [0.15, 0.2) is 0 Å². The smallest absolute Gasteiger partial charge is 0.0449 e. The topological polar surface area (TPSA) is 12.0 Å². The molecule has 0 spiro atoms. The number of hydrogen-bond donors (Lipinski definition) is 1. The number of benzene rings is 2. The minimum atomic E-state index is 0.547. The summed E-state index contributed by atoms with van der Waals surface area (Å²) in [7, 11) is 0. The molecule has 2 rings (SSSR count). The third-order valence-electron chi connectivity index (χ3n) is 3.57. The molecular weight excluding hydrogens is 346 g/mol. The molecule has 0 fully saturated rings. The Morgan fingerprint density at radius 3 is 2.52 bits per heavy atom. The van der Waals surface area contributed by atoms with Crippen LogP contribution in [0.3, 0.4) is 0 Å². The molecule has 0 aromatic heterocycles. The fraction of sp³-hybridized carbons (Fsp3) is 0.333. The van der Waals surface area contributed by atoms with Crippen molar-refractivity contribution in [2.24, 2.45) is 5.92 Å². The molecule has 2 aromatic carbocycles. The van der Waals surface area contributed by atoms with Crippen LogP contribution in [0.15, 0.2) is 53.0 Å². The largest absolute Gasteiger partial charge is 0.317 e. The van der Waals surface area contributed by atoms with Gasteiger partial charge >= 0.3 is 0 Å². The highest BCUT2D eigenvalue weighted by Crippen LogP contribution is 2.24. The quantitative estimate of drug-likeness (QED) is 0.717. The lowest BCUT2D eigenvalue weighted by molar-refractivity contribution is 0.478. The van der Waals surface area contributed by atoms with Gasteiger partial charge in [-0.3, -0.25) is 0 Å². The highest BCUT2D eigenvalue weighted by molar-refractivity contribution is 9.10. The van der Waals surface area contributed by atoms with E-state index in [-0.39, 0.29) is 0 Å². The summed E-state index contributed by atoms with van der Waals surface area (Å²) in [6.45, 7) is 4.16. The molecular formula is C18H21BrClN. The minimum absolute atomic E-state index is 0.547. The predicted molar refractivity (Wildman–Crippen MR) is 95.0 cm³/mol. The van der Waals surface area contributed by atoms with Gasteiger partial charge in [0.25, 0.3) is 0 Å². The van der Waals surface area contributed by atoms with Crippen LogP contribution in [0, 0.1) is 5.92 Å². The van der Waals surface area contributed by atoms with E-state index in [9.17, 15) is 0 Å². The van der Waals surface area contributed by atoms with Crippen LogP contribution in [0.4, 0.5) is 0 Å². The first-order chi connectivity index (χ1) is 10.2. The van der Waals surface area contributed by atoms with Crippen LogP contribution in [0.2, 0.25) is 5.02 Å². The summed E-state index contributed by atoms with van der Waals surface area (Å²) in [6.07, 6.45) is 2.06. The second-order valence-corrected chi connectivity index (χ2v) is 6.63. The Balaban J connectivity index is 2.08. The maximum Gasteiger partial charge on any atom is 0.0449 e. The van der Waals surface area contributed by atoms with Gasteiger partial charge in [-0.25, -0.2) is 0 Å². The number of nitrogens with one attached hydrogen (secondary N) is 1. The maximum atomic E-state index is 6.36. The summed E-state index contributed by atoms with van der Waals surface area (Å²) in [5.74, 6) is 0.547. The van der Waals surface area contributed by atoms with E-state index in [2.05, 4.69) is 70.6 Å². The van der Waals surface area contributed by atoms with Crippen LogP contribution in [0.25, 0.3) is 0 Å². The Morgan fingerprint density at radius 1 is 1.10 bits per heavy atom. The third kappa shape index (κ3) is 5.46. The summed E-state index contributed by atoms with van der Waals surface area (Å²) in [6, 6.07) is 16.8. The van der Waals surface area contributed by atoms with E-state index in [1.54, 1.807) is 0 Å². The summed E-state index contributed by atoms with van der Waals surface area (Å²) >= 11 is 9.82. The molecule has 0 saturated carbocycles. The lowest BCUT2D eigenvalue weighted by Gasteiger charge is -2.18. The first-order valence-corrected chi connectivity index (χ1v) is 8.54. The van der Waals surface area contributed by atoms with Gasteiger partial charge in [-0.1, -0.05) is 70.9 Å². The fourth-order valence-electron chi connectivity index (χ4n) is 2.51. The van der Waals surface area contributed by atoms with Gasteiger partial charge in [0.1, 0.15) is 0 Å². The van der Waals surface area contributed by atoms with Crippen molar-refractivity contribution in [2.75, 3.05) is 13.1 Å². The highest BCUT2D eigenvalue weighted by Gasteiger charge is 2.12. The molecule has 21 heavy (non-hydrogen) atoms. The molecule has 0 aliphatic carbocycles. The highest BCUT2D eigenvalue weighted by atomic mass is 79.9. The molecule has 112 valence electrons. The van der Waals surface area contributed by atoms with Crippen molar-refractivity contribution in [3.63, 3.8) is 0 Å². The van der Waals surface area contributed by atoms with Gasteiger partial charge in [0.05, 0.1) is 0 Å². The fourth-order valence-corrected chi connectivity index (χ4v) is 3.26. The molecule has 1 unspecified atom stereocenters. The third-order valence-corrected chi connectivity index (χ3v) is 4.42. The zero-order valence-electron chi connectivity index (χ0n) is 12.3. The molecule has 0 aliphatic heterocycles. The first kappa shape index (κ1) is 16.5. The molecule has 1 nitrogen and oxygen atoms in total. The van der Waals surface area contributed by atoms with Gasteiger partial charge in [0, 0.05) is 9.50 Å². The average molecular weight is 367 g/mol. The molecule has 1 atom stereocenters.